The quantitative estimate of drug-likeness (QED) is 0.405. The fourth-order valence-corrected chi connectivity index (χ4v) is 5.39. The summed E-state index contributed by atoms with van der Waals surface area (Å²) in [6.07, 6.45) is 1.83. The van der Waals surface area contributed by atoms with Crippen LogP contribution >= 0.6 is 12.2 Å². The molecule has 6 rings (SSSR count). The highest BCUT2D eigenvalue weighted by atomic mass is 32.1. The normalized spacial score (nSPS) is 18.9. The SMILES string of the molecule is Cc1cc([C@@H]2[C@H](c3ccccn3)NC(=S)N2c2ccccc2)c(C)n1-c1ccc2c(c1)OCO2. The molecule has 0 aliphatic carbocycles. The zero-order valence-electron chi connectivity index (χ0n) is 18.9. The number of aryl methyl sites for hydroxylation is 1. The van der Waals surface area contributed by atoms with E-state index in [1.807, 2.05) is 48.7 Å². The van der Waals surface area contributed by atoms with E-state index in [0.717, 1.165) is 40.0 Å². The zero-order chi connectivity index (χ0) is 23.2. The van der Waals surface area contributed by atoms with Crippen LogP contribution in [0.25, 0.3) is 5.69 Å². The van der Waals surface area contributed by atoms with Gasteiger partial charge in [-0.1, -0.05) is 24.3 Å². The number of nitrogens with one attached hydrogen (secondary N) is 1. The molecule has 34 heavy (non-hydrogen) atoms. The molecule has 2 atom stereocenters. The molecule has 170 valence electrons. The molecule has 2 aliphatic rings. The number of ether oxygens (including phenoxy) is 2. The summed E-state index contributed by atoms with van der Waals surface area (Å²) < 4.78 is 13.4. The summed E-state index contributed by atoms with van der Waals surface area (Å²) in [5.74, 6) is 1.55. The van der Waals surface area contributed by atoms with E-state index < -0.39 is 0 Å². The van der Waals surface area contributed by atoms with Gasteiger partial charge in [-0.2, -0.15) is 0 Å². The predicted molar refractivity (Wildman–Crippen MR) is 136 cm³/mol. The average Bonchev–Trinajstić information content (AvgIpc) is 3.54. The van der Waals surface area contributed by atoms with Crippen molar-refractivity contribution in [1.82, 2.24) is 14.9 Å². The van der Waals surface area contributed by atoms with Crippen molar-refractivity contribution < 1.29 is 9.47 Å². The molecule has 0 radical (unpaired) electrons. The van der Waals surface area contributed by atoms with E-state index in [0.29, 0.717) is 5.11 Å². The third kappa shape index (κ3) is 3.31. The van der Waals surface area contributed by atoms with Gasteiger partial charge < -0.3 is 24.3 Å². The second-order valence-electron chi connectivity index (χ2n) is 8.53. The van der Waals surface area contributed by atoms with Gasteiger partial charge in [0.25, 0.3) is 0 Å². The predicted octanol–water partition coefficient (Wildman–Crippen LogP) is 5.39. The molecule has 0 spiro atoms. The van der Waals surface area contributed by atoms with E-state index >= 15 is 0 Å². The van der Waals surface area contributed by atoms with Gasteiger partial charge in [-0.3, -0.25) is 4.98 Å². The van der Waals surface area contributed by atoms with Crippen LogP contribution in [0, 0.1) is 13.8 Å². The number of aromatic nitrogens is 2. The number of hydrogen-bond acceptors (Lipinski definition) is 4. The van der Waals surface area contributed by atoms with Gasteiger partial charge in [-0.05, 0) is 74.1 Å². The maximum atomic E-state index is 5.86. The Morgan fingerprint density at radius 1 is 0.912 bits per heavy atom. The third-order valence-electron chi connectivity index (χ3n) is 6.54. The van der Waals surface area contributed by atoms with Crippen molar-refractivity contribution in [2.75, 3.05) is 11.7 Å². The molecule has 1 fully saturated rings. The highest BCUT2D eigenvalue weighted by Crippen LogP contribution is 2.44. The van der Waals surface area contributed by atoms with Crippen molar-refractivity contribution in [1.29, 1.82) is 0 Å². The molecule has 0 saturated carbocycles. The topological polar surface area (TPSA) is 51.6 Å². The number of anilines is 1. The highest BCUT2D eigenvalue weighted by molar-refractivity contribution is 7.80. The van der Waals surface area contributed by atoms with E-state index in [1.54, 1.807) is 0 Å². The molecule has 4 aromatic rings. The standard InChI is InChI=1S/C27H24N4O2S/c1-17-14-21(18(2)30(17)20-11-12-23-24(15-20)33-16-32-23)26-25(22-10-6-7-13-28-22)29-27(34)31(26)19-8-4-3-5-9-19/h3-15,25-26H,16H2,1-2H3,(H,29,34)/t25-,26+/m0/s1. The summed E-state index contributed by atoms with van der Waals surface area (Å²) in [6.45, 7) is 4.55. The van der Waals surface area contributed by atoms with Crippen molar-refractivity contribution in [3.63, 3.8) is 0 Å². The van der Waals surface area contributed by atoms with Crippen molar-refractivity contribution >= 4 is 23.0 Å². The van der Waals surface area contributed by atoms with Crippen molar-refractivity contribution in [2.24, 2.45) is 0 Å². The molecule has 1 N–H and O–H groups in total. The van der Waals surface area contributed by atoms with Crippen molar-refractivity contribution in [3.05, 3.63) is 102 Å². The van der Waals surface area contributed by atoms with Crippen LogP contribution in [0.3, 0.4) is 0 Å². The van der Waals surface area contributed by atoms with Crippen LogP contribution in [0.1, 0.15) is 34.7 Å². The Bertz CT molecular complexity index is 1370. The second kappa shape index (κ2) is 8.18. The summed E-state index contributed by atoms with van der Waals surface area (Å²) in [4.78, 5) is 6.88. The lowest BCUT2D eigenvalue weighted by molar-refractivity contribution is 0.174. The number of thiocarbonyl (C=S) groups is 1. The fourth-order valence-electron chi connectivity index (χ4n) is 5.05. The minimum atomic E-state index is -0.0837. The van der Waals surface area contributed by atoms with Crippen LogP contribution in [-0.2, 0) is 0 Å². The number of para-hydroxylation sites is 1. The number of fused-ring (bicyclic) bond motifs is 1. The summed E-state index contributed by atoms with van der Waals surface area (Å²) in [6, 6.07) is 24.5. The largest absolute Gasteiger partial charge is 0.454 e. The Kier molecular flexibility index (Phi) is 4.99. The summed E-state index contributed by atoms with van der Waals surface area (Å²) in [7, 11) is 0. The Hall–Kier alpha value is -3.84. The van der Waals surface area contributed by atoms with E-state index in [2.05, 4.69) is 63.9 Å². The van der Waals surface area contributed by atoms with Crippen LogP contribution in [0.5, 0.6) is 11.5 Å². The Morgan fingerprint density at radius 2 is 1.71 bits per heavy atom. The lowest BCUT2D eigenvalue weighted by Gasteiger charge is -2.28. The Morgan fingerprint density at radius 3 is 2.50 bits per heavy atom. The molecule has 1 saturated heterocycles. The van der Waals surface area contributed by atoms with Crippen LogP contribution in [0.4, 0.5) is 5.69 Å². The van der Waals surface area contributed by atoms with Crippen LogP contribution in [-0.4, -0.2) is 21.5 Å². The number of benzene rings is 2. The lowest BCUT2D eigenvalue weighted by Crippen LogP contribution is -2.29. The van der Waals surface area contributed by atoms with E-state index in [-0.39, 0.29) is 18.9 Å². The Labute approximate surface area is 203 Å². The Balaban J connectivity index is 1.50. The molecular formula is C27H24N4O2S. The molecule has 0 amide bonds. The number of rotatable bonds is 4. The first-order chi connectivity index (χ1) is 16.6. The number of hydrogen-bond donors (Lipinski definition) is 1. The van der Waals surface area contributed by atoms with E-state index in [4.69, 9.17) is 21.7 Å². The van der Waals surface area contributed by atoms with Crippen LogP contribution in [0.2, 0.25) is 0 Å². The first kappa shape index (κ1) is 20.7. The monoisotopic (exact) mass is 468 g/mol. The van der Waals surface area contributed by atoms with Gasteiger partial charge in [0.05, 0.1) is 17.8 Å². The first-order valence-corrected chi connectivity index (χ1v) is 11.7. The highest BCUT2D eigenvalue weighted by Gasteiger charge is 2.42. The maximum absolute atomic E-state index is 5.86. The van der Waals surface area contributed by atoms with Gasteiger partial charge in [0.15, 0.2) is 16.6 Å². The second-order valence-corrected chi connectivity index (χ2v) is 8.92. The minimum Gasteiger partial charge on any atom is -0.454 e. The summed E-state index contributed by atoms with van der Waals surface area (Å²) in [5, 5.41) is 4.24. The van der Waals surface area contributed by atoms with Crippen LogP contribution < -0.4 is 19.7 Å². The molecule has 2 aromatic carbocycles. The van der Waals surface area contributed by atoms with Crippen molar-refractivity contribution in [2.45, 2.75) is 25.9 Å². The molecule has 2 aliphatic heterocycles. The summed E-state index contributed by atoms with van der Waals surface area (Å²) >= 11 is 5.86. The minimum absolute atomic E-state index is 0.0567. The van der Waals surface area contributed by atoms with Gasteiger partial charge >= 0.3 is 0 Å². The third-order valence-corrected chi connectivity index (χ3v) is 6.85. The molecule has 6 nitrogen and oxygen atoms in total. The zero-order valence-corrected chi connectivity index (χ0v) is 19.8. The van der Waals surface area contributed by atoms with E-state index in [1.165, 1.54) is 5.56 Å². The van der Waals surface area contributed by atoms with Gasteiger partial charge in [0.2, 0.25) is 6.79 Å². The van der Waals surface area contributed by atoms with E-state index in [9.17, 15) is 0 Å². The van der Waals surface area contributed by atoms with Gasteiger partial charge in [0.1, 0.15) is 0 Å². The summed E-state index contributed by atoms with van der Waals surface area (Å²) in [5.41, 5.74) is 6.53. The molecule has 4 heterocycles. The lowest BCUT2D eigenvalue weighted by atomic mass is 9.96. The number of nitrogens with zero attached hydrogens (tertiary/aromatic N) is 3. The van der Waals surface area contributed by atoms with Crippen molar-refractivity contribution in [3.8, 4) is 17.2 Å². The molecule has 7 heteroatoms. The first-order valence-electron chi connectivity index (χ1n) is 11.3. The van der Waals surface area contributed by atoms with Gasteiger partial charge in [0, 0.05) is 35.0 Å². The molecular weight excluding hydrogens is 444 g/mol. The molecule has 2 aromatic heterocycles. The fraction of sp³-hybridized carbons (Fsp3) is 0.185. The number of pyridine rings is 1. The maximum Gasteiger partial charge on any atom is 0.231 e. The van der Waals surface area contributed by atoms with Crippen LogP contribution in [0.15, 0.2) is 79.0 Å². The molecule has 0 bridgehead atoms. The smallest absolute Gasteiger partial charge is 0.231 e. The van der Waals surface area contributed by atoms with Gasteiger partial charge in [-0.15, -0.1) is 0 Å². The average molecular weight is 469 g/mol. The molecule has 0 unspecified atom stereocenters. The van der Waals surface area contributed by atoms with Gasteiger partial charge in [-0.25, -0.2) is 0 Å².